The largest absolute Gasteiger partial charge is 0.479 e. The molecular weight excluding hydrogens is 288 g/mol. The van der Waals surface area contributed by atoms with E-state index in [-0.39, 0.29) is 25.0 Å². The Balaban J connectivity index is 2.68. The summed E-state index contributed by atoms with van der Waals surface area (Å²) in [4.78, 5) is 35.0. The van der Waals surface area contributed by atoms with E-state index >= 15 is 0 Å². The Morgan fingerprint density at radius 2 is 1.86 bits per heavy atom. The van der Waals surface area contributed by atoms with Crippen molar-refractivity contribution in [2.75, 3.05) is 13.2 Å². The molecular formula is C15H26N2O5. The molecule has 2 unspecified atom stereocenters. The molecule has 7 heteroatoms. The van der Waals surface area contributed by atoms with Gasteiger partial charge in [0, 0.05) is 24.9 Å². The number of hydrogen-bond donors (Lipinski definition) is 3. The Morgan fingerprint density at radius 3 is 2.32 bits per heavy atom. The van der Waals surface area contributed by atoms with Gasteiger partial charge in [0.25, 0.3) is 0 Å². The van der Waals surface area contributed by atoms with Crippen LogP contribution in [0.1, 0.15) is 47.0 Å². The molecule has 126 valence electrons. The van der Waals surface area contributed by atoms with Crippen LogP contribution in [0.3, 0.4) is 0 Å². The Bertz CT molecular complexity index is 449. The molecule has 22 heavy (non-hydrogen) atoms. The number of amides is 2. The van der Waals surface area contributed by atoms with Crippen LogP contribution in [0.4, 0.5) is 0 Å². The topological polar surface area (TPSA) is 105 Å². The van der Waals surface area contributed by atoms with Crippen molar-refractivity contribution >= 4 is 17.8 Å². The van der Waals surface area contributed by atoms with Gasteiger partial charge in [-0.15, -0.1) is 0 Å². The Kier molecular flexibility index (Phi) is 5.93. The van der Waals surface area contributed by atoms with Gasteiger partial charge in [0.1, 0.15) is 5.54 Å². The molecule has 7 nitrogen and oxygen atoms in total. The molecule has 0 aromatic carbocycles. The van der Waals surface area contributed by atoms with E-state index in [2.05, 4.69) is 10.6 Å². The van der Waals surface area contributed by atoms with E-state index in [1.807, 2.05) is 13.8 Å². The molecule has 1 saturated carbocycles. The summed E-state index contributed by atoms with van der Waals surface area (Å²) in [6.07, 6.45) is 1.03. The van der Waals surface area contributed by atoms with E-state index in [1.165, 1.54) is 0 Å². The molecule has 0 radical (unpaired) electrons. The molecule has 1 aliphatic rings. The van der Waals surface area contributed by atoms with Crippen molar-refractivity contribution in [2.45, 2.75) is 58.6 Å². The first-order valence-electron chi connectivity index (χ1n) is 7.64. The van der Waals surface area contributed by atoms with Gasteiger partial charge in [-0.1, -0.05) is 20.8 Å². The first-order chi connectivity index (χ1) is 10.2. The molecule has 1 rings (SSSR count). The third kappa shape index (κ3) is 3.40. The molecule has 2 atom stereocenters. The molecule has 2 amide bonds. The molecule has 0 bridgehead atoms. The van der Waals surface area contributed by atoms with Crippen LogP contribution in [0.15, 0.2) is 0 Å². The maximum absolute atomic E-state index is 12.0. The lowest BCUT2D eigenvalue weighted by Gasteiger charge is -2.58. The number of hydrogen-bond acceptors (Lipinski definition) is 4. The van der Waals surface area contributed by atoms with Crippen molar-refractivity contribution in [3.63, 3.8) is 0 Å². The number of rotatable bonds is 8. The maximum Gasteiger partial charge on any atom is 0.330 e. The van der Waals surface area contributed by atoms with Crippen LogP contribution in [0.5, 0.6) is 0 Å². The quantitative estimate of drug-likeness (QED) is 0.611. The lowest BCUT2D eigenvalue weighted by Crippen LogP contribution is -2.76. The van der Waals surface area contributed by atoms with Gasteiger partial charge < -0.3 is 20.5 Å². The van der Waals surface area contributed by atoms with Crippen molar-refractivity contribution in [3.05, 3.63) is 0 Å². The smallest absolute Gasteiger partial charge is 0.330 e. The molecule has 0 saturated heterocycles. The Labute approximate surface area is 130 Å². The first kappa shape index (κ1) is 18.4. The van der Waals surface area contributed by atoms with Crippen LogP contribution in [0, 0.1) is 5.41 Å². The molecule has 0 aromatic rings. The molecule has 0 spiro atoms. The van der Waals surface area contributed by atoms with Crippen molar-refractivity contribution in [1.82, 2.24) is 10.6 Å². The number of carbonyl (C=O) groups excluding carboxylic acids is 2. The van der Waals surface area contributed by atoms with Crippen LogP contribution < -0.4 is 10.6 Å². The van der Waals surface area contributed by atoms with E-state index in [4.69, 9.17) is 4.74 Å². The average molecular weight is 314 g/mol. The van der Waals surface area contributed by atoms with E-state index in [9.17, 15) is 19.5 Å². The average Bonchev–Trinajstić information content (AvgIpc) is 2.43. The highest BCUT2D eigenvalue weighted by Gasteiger charge is 2.66. The summed E-state index contributed by atoms with van der Waals surface area (Å²) < 4.78 is 5.53. The normalized spacial score (nSPS) is 25.9. The van der Waals surface area contributed by atoms with Crippen LogP contribution in [-0.4, -0.2) is 47.7 Å². The third-order valence-corrected chi connectivity index (χ3v) is 4.41. The second kappa shape index (κ2) is 7.09. The zero-order chi connectivity index (χ0) is 17.0. The fourth-order valence-corrected chi connectivity index (χ4v) is 2.81. The number of carboxylic acids is 1. The third-order valence-electron chi connectivity index (χ3n) is 4.41. The summed E-state index contributed by atoms with van der Waals surface area (Å²) in [5.41, 5.74) is -2.09. The van der Waals surface area contributed by atoms with Gasteiger partial charge >= 0.3 is 5.97 Å². The standard InChI is InChI=1S/C15H26N2O5/c1-5-7-11(18)16-9-12(19)17-15(13(20)21)8-10(22-6-2)14(15,3)4/h10H,5-9H2,1-4H3,(H,16,18)(H,17,19)(H,20,21). The minimum Gasteiger partial charge on any atom is -0.479 e. The van der Waals surface area contributed by atoms with E-state index in [0.29, 0.717) is 19.4 Å². The highest BCUT2D eigenvalue weighted by molar-refractivity contribution is 5.91. The summed E-state index contributed by atoms with van der Waals surface area (Å²) in [7, 11) is 0. The molecule has 1 aliphatic carbocycles. The second-order valence-electron chi connectivity index (χ2n) is 6.16. The van der Waals surface area contributed by atoms with Crippen LogP contribution in [0.25, 0.3) is 0 Å². The fraction of sp³-hybridized carbons (Fsp3) is 0.800. The van der Waals surface area contributed by atoms with E-state index in [1.54, 1.807) is 13.8 Å². The minimum absolute atomic E-state index is 0.219. The van der Waals surface area contributed by atoms with Gasteiger partial charge in [-0.3, -0.25) is 9.59 Å². The number of carboxylic acid groups (broad SMARTS) is 1. The van der Waals surface area contributed by atoms with Crippen LogP contribution in [-0.2, 0) is 19.1 Å². The van der Waals surface area contributed by atoms with Crippen molar-refractivity contribution < 1.29 is 24.2 Å². The first-order valence-corrected chi connectivity index (χ1v) is 7.64. The Hall–Kier alpha value is -1.63. The lowest BCUT2D eigenvalue weighted by atomic mass is 9.54. The highest BCUT2D eigenvalue weighted by Crippen LogP contribution is 2.51. The molecule has 3 N–H and O–H groups in total. The lowest BCUT2D eigenvalue weighted by molar-refractivity contribution is -0.194. The number of nitrogens with one attached hydrogen (secondary N) is 2. The summed E-state index contributed by atoms with van der Waals surface area (Å²) in [5, 5.41) is 14.6. The highest BCUT2D eigenvalue weighted by atomic mass is 16.5. The minimum atomic E-state index is -1.36. The second-order valence-corrected chi connectivity index (χ2v) is 6.16. The van der Waals surface area contributed by atoms with Crippen molar-refractivity contribution in [1.29, 1.82) is 0 Å². The van der Waals surface area contributed by atoms with E-state index < -0.39 is 22.8 Å². The molecule has 1 fully saturated rings. The fourth-order valence-electron chi connectivity index (χ4n) is 2.81. The summed E-state index contributed by atoms with van der Waals surface area (Å²) in [6, 6.07) is 0. The Morgan fingerprint density at radius 1 is 1.23 bits per heavy atom. The SMILES string of the molecule is CCCC(=O)NCC(=O)NC1(C(=O)O)CC(OCC)C1(C)C. The van der Waals surface area contributed by atoms with Crippen molar-refractivity contribution in [3.8, 4) is 0 Å². The predicted octanol–water partition coefficient (Wildman–Crippen LogP) is 0.677. The summed E-state index contributed by atoms with van der Waals surface area (Å²) >= 11 is 0. The van der Waals surface area contributed by atoms with Gasteiger partial charge in [-0.25, -0.2) is 4.79 Å². The number of ether oxygens (including phenoxy) is 1. The number of carbonyl (C=O) groups is 3. The number of aliphatic carboxylic acids is 1. The van der Waals surface area contributed by atoms with Gasteiger partial charge in [0.2, 0.25) is 11.8 Å². The van der Waals surface area contributed by atoms with Crippen LogP contribution >= 0.6 is 0 Å². The van der Waals surface area contributed by atoms with Crippen LogP contribution in [0.2, 0.25) is 0 Å². The summed E-state index contributed by atoms with van der Waals surface area (Å²) in [6.45, 7) is 7.51. The van der Waals surface area contributed by atoms with Gasteiger partial charge in [0.15, 0.2) is 0 Å². The predicted molar refractivity (Wildman–Crippen MR) is 80.2 cm³/mol. The van der Waals surface area contributed by atoms with E-state index in [0.717, 1.165) is 0 Å². The monoisotopic (exact) mass is 314 g/mol. The van der Waals surface area contributed by atoms with Gasteiger partial charge in [0.05, 0.1) is 12.6 Å². The van der Waals surface area contributed by atoms with Gasteiger partial charge in [-0.05, 0) is 13.3 Å². The molecule has 0 heterocycles. The van der Waals surface area contributed by atoms with Crippen molar-refractivity contribution in [2.24, 2.45) is 5.41 Å². The molecule has 0 aromatic heterocycles. The summed E-state index contributed by atoms with van der Waals surface area (Å²) in [5.74, 6) is -1.81. The molecule has 0 aliphatic heterocycles. The zero-order valence-electron chi connectivity index (χ0n) is 13.7. The maximum atomic E-state index is 12.0. The zero-order valence-corrected chi connectivity index (χ0v) is 13.7. The van der Waals surface area contributed by atoms with Gasteiger partial charge in [-0.2, -0.15) is 0 Å².